The number of hydrogen-bond donors (Lipinski definition) is 0. The van der Waals surface area contributed by atoms with E-state index in [-0.39, 0.29) is 6.10 Å². The van der Waals surface area contributed by atoms with E-state index in [9.17, 15) is 13.2 Å². The molecule has 1 heterocycles. The number of alkyl halides is 3. The second kappa shape index (κ2) is 4.20. The van der Waals surface area contributed by atoms with Crippen LogP contribution in [0.5, 0.6) is 0 Å². The lowest BCUT2D eigenvalue weighted by atomic mass is 10.0. The van der Waals surface area contributed by atoms with Crippen LogP contribution in [0.1, 0.15) is 17.5 Å². The van der Waals surface area contributed by atoms with Gasteiger partial charge < -0.3 is 4.74 Å². The molecule has 0 bridgehead atoms. The smallest absolute Gasteiger partial charge is 0.416 e. The van der Waals surface area contributed by atoms with Gasteiger partial charge in [0.1, 0.15) is 6.10 Å². The molecule has 1 aliphatic heterocycles. The second-order valence-electron chi connectivity index (χ2n) is 3.76. The maximum Gasteiger partial charge on any atom is 0.416 e. The van der Waals surface area contributed by atoms with Crippen LogP contribution in [-0.2, 0) is 17.3 Å². The van der Waals surface area contributed by atoms with Crippen molar-refractivity contribution >= 4 is 0 Å². The average molecular weight is 228 g/mol. The maximum absolute atomic E-state index is 12.3. The Balaban J connectivity index is 2.02. The molecule has 0 saturated heterocycles. The van der Waals surface area contributed by atoms with Gasteiger partial charge >= 0.3 is 6.18 Å². The molecule has 0 amide bonds. The number of halogens is 3. The first-order chi connectivity index (χ1) is 7.55. The van der Waals surface area contributed by atoms with Crippen molar-refractivity contribution in [1.29, 1.82) is 0 Å². The molecule has 0 spiro atoms. The van der Waals surface area contributed by atoms with E-state index >= 15 is 0 Å². The molecule has 86 valence electrons. The minimum atomic E-state index is -4.26. The molecule has 16 heavy (non-hydrogen) atoms. The highest BCUT2D eigenvalue weighted by Gasteiger charge is 2.30. The lowest BCUT2D eigenvalue weighted by Crippen LogP contribution is -2.09. The fourth-order valence-corrected chi connectivity index (χ4v) is 1.65. The van der Waals surface area contributed by atoms with Crippen LogP contribution in [0.4, 0.5) is 13.2 Å². The summed E-state index contributed by atoms with van der Waals surface area (Å²) < 4.78 is 42.1. The molecule has 0 aliphatic carbocycles. The van der Waals surface area contributed by atoms with Crippen LogP contribution in [0.25, 0.3) is 0 Å². The maximum atomic E-state index is 12.3. The summed E-state index contributed by atoms with van der Waals surface area (Å²) in [6.07, 6.45) is 0.816. The fraction of sp³-hybridized carbons (Fsp3) is 0.333. The lowest BCUT2D eigenvalue weighted by Gasteiger charge is -2.11. The molecular formula is C12H11F3O. The number of rotatable bonds is 2. The Bertz CT molecular complexity index is 370. The monoisotopic (exact) mass is 228 g/mol. The highest BCUT2D eigenvalue weighted by molar-refractivity contribution is 5.25. The minimum Gasteiger partial charge on any atom is -0.498 e. The van der Waals surface area contributed by atoms with Crippen molar-refractivity contribution in [2.75, 3.05) is 0 Å². The third-order valence-corrected chi connectivity index (χ3v) is 2.51. The zero-order valence-electron chi connectivity index (χ0n) is 8.50. The van der Waals surface area contributed by atoms with Crippen molar-refractivity contribution in [3.05, 3.63) is 47.7 Å². The Morgan fingerprint density at radius 1 is 1.19 bits per heavy atom. The first-order valence-corrected chi connectivity index (χ1v) is 5.02. The summed E-state index contributed by atoms with van der Waals surface area (Å²) in [6, 6.07) is 5.23. The van der Waals surface area contributed by atoms with Gasteiger partial charge in [-0.25, -0.2) is 0 Å². The molecule has 4 heteroatoms. The van der Waals surface area contributed by atoms with Gasteiger partial charge in [-0.15, -0.1) is 0 Å². The van der Waals surface area contributed by atoms with E-state index in [0.717, 1.165) is 24.1 Å². The average Bonchev–Trinajstić information content (AvgIpc) is 2.70. The molecule has 1 aromatic carbocycles. The van der Waals surface area contributed by atoms with E-state index in [0.29, 0.717) is 6.42 Å². The molecule has 0 radical (unpaired) electrons. The van der Waals surface area contributed by atoms with E-state index in [2.05, 4.69) is 0 Å². The third-order valence-electron chi connectivity index (χ3n) is 2.51. The van der Waals surface area contributed by atoms with E-state index < -0.39 is 11.7 Å². The molecule has 1 unspecified atom stereocenters. The van der Waals surface area contributed by atoms with E-state index in [1.54, 1.807) is 6.26 Å². The molecule has 1 atom stereocenters. The minimum absolute atomic E-state index is 0.0664. The van der Waals surface area contributed by atoms with Gasteiger partial charge in [0.05, 0.1) is 11.8 Å². The zero-order chi connectivity index (χ0) is 11.6. The van der Waals surface area contributed by atoms with Gasteiger partial charge in [-0.3, -0.25) is 0 Å². The van der Waals surface area contributed by atoms with Crippen LogP contribution in [0.15, 0.2) is 36.6 Å². The molecule has 1 aliphatic rings. The highest BCUT2D eigenvalue weighted by atomic mass is 19.4. The Morgan fingerprint density at radius 2 is 1.88 bits per heavy atom. The van der Waals surface area contributed by atoms with Crippen LogP contribution < -0.4 is 0 Å². The van der Waals surface area contributed by atoms with Crippen LogP contribution >= 0.6 is 0 Å². The first-order valence-electron chi connectivity index (χ1n) is 5.02. The normalized spacial score (nSPS) is 19.8. The topological polar surface area (TPSA) is 9.23 Å². The Hall–Kier alpha value is -1.45. The Labute approximate surface area is 91.5 Å². The van der Waals surface area contributed by atoms with Crippen molar-refractivity contribution in [3.63, 3.8) is 0 Å². The molecule has 1 nitrogen and oxygen atoms in total. The summed E-state index contributed by atoms with van der Waals surface area (Å²) in [5, 5.41) is 0. The van der Waals surface area contributed by atoms with Crippen LogP contribution in [-0.4, -0.2) is 6.10 Å². The molecular weight excluding hydrogens is 217 g/mol. The van der Waals surface area contributed by atoms with Gasteiger partial charge in [0.2, 0.25) is 0 Å². The number of ether oxygens (including phenoxy) is 1. The van der Waals surface area contributed by atoms with Crippen LogP contribution in [0.3, 0.4) is 0 Å². The van der Waals surface area contributed by atoms with E-state index in [1.165, 1.54) is 12.1 Å². The van der Waals surface area contributed by atoms with Gasteiger partial charge in [-0.05, 0) is 23.8 Å². The standard InChI is InChI=1S/C12H11F3O/c13-12(14,15)10-5-3-9(4-6-10)8-11-2-1-7-16-11/h1,3-7,11H,2,8H2. The van der Waals surface area contributed by atoms with Gasteiger partial charge in [0.25, 0.3) is 0 Å². The van der Waals surface area contributed by atoms with Crippen molar-refractivity contribution in [1.82, 2.24) is 0 Å². The summed E-state index contributed by atoms with van der Waals surface area (Å²) in [7, 11) is 0. The Morgan fingerprint density at radius 3 is 2.38 bits per heavy atom. The Kier molecular flexibility index (Phi) is 2.90. The zero-order valence-corrected chi connectivity index (χ0v) is 8.50. The number of benzene rings is 1. The lowest BCUT2D eigenvalue weighted by molar-refractivity contribution is -0.137. The van der Waals surface area contributed by atoms with Crippen LogP contribution in [0.2, 0.25) is 0 Å². The molecule has 0 fully saturated rings. The van der Waals surface area contributed by atoms with E-state index in [4.69, 9.17) is 4.74 Å². The van der Waals surface area contributed by atoms with Gasteiger partial charge in [0.15, 0.2) is 0 Å². The van der Waals surface area contributed by atoms with Gasteiger partial charge in [-0.2, -0.15) is 13.2 Å². The first kappa shape index (κ1) is 11.0. The quantitative estimate of drug-likeness (QED) is 0.752. The van der Waals surface area contributed by atoms with Gasteiger partial charge in [0, 0.05) is 12.8 Å². The molecule has 0 saturated carbocycles. The SMILES string of the molecule is FC(F)(F)c1ccc(CC2CC=CO2)cc1. The molecule has 0 N–H and O–H groups in total. The fourth-order valence-electron chi connectivity index (χ4n) is 1.65. The highest BCUT2D eigenvalue weighted by Crippen LogP contribution is 2.29. The number of hydrogen-bond acceptors (Lipinski definition) is 1. The van der Waals surface area contributed by atoms with Crippen molar-refractivity contribution in [3.8, 4) is 0 Å². The van der Waals surface area contributed by atoms with Crippen molar-refractivity contribution < 1.29 is 17.9 Å². The largest absolute Gasteiger partial charge is 0.498 e. The summed E-state index contributed by atoms with van der Waals surface area (Å²) in [6.45, 7) is 0. The third kappa shape index (κ3) is 2.56. The predicted octanol–water partition coefficient (Wildman–Crippen LogP) is 3.55. The summed E-state index contributed by atoms with van der Waals surface area (Å²) in [5.74, 6) is 0. The predicted molar refractivity (Wildman–Crippen MR) is 53.8 cm³/mol. The van der Waals surface area contributed by atoms with Crippen LogP contribution in [0, 0.1) is 0 Å². The molecule has 0 aromatic heterocycles. The second-order valence-corrected chi connectivity index (χ2v) is 3.76. The summed E-state index contributed by atoms with van der Waals surface area (Å²) in [5.41, 5.74) is 0.253. The molecule has 2 rings (SSSR count). The van der Waals surface area contributed by atoms with Crippen molar-refractivity contribution in [2.24, 2.45) is 0 Å². The van der Waals surface area contributed by atoms with Gasteiger partial charge in [-0.1, -0.05) is 12.1 Å². The summed E-state index contributed by atoms with van der Waals surface area (Å²) >= 11 is 0. The molecule has 1 aromatic rings. The van der Waals surface area contributed by atoms with Crippen molar-refractivity contribution in [2.45, 2.75) is 25.1 Å². The summed E-state index contributed by atoms with van der Waals surface area (Å²) in [4.78, 5) is 0. The van der Waals surface area contributed by atoms with E-state index in [1.807, 2.05) is 6.08 Å².